The molecule has 0 aliphatic carbocycles. The number of halogens is 1. The van der Waals surface area contributed by atoms with Gasteiger partial charge in [0.1, 0.15) is 24.2 Å². The monoisotopic (exact) mass is 382 g/mol. The molecule has 3 aromatic rings. The predicted molar refractivity (Wildman–Crippen MR) is 102 cm³/mol. The first kappa shape index (κ1) is 18.5. The highest BCUT2D eigenvalue weighted by Crippen LogP contribution is 2.30. The average molecular weight is 382 g/mol. The Morgan fingerprint density at radius 3 is 2.68 bits per heavy atom. The van der Waals surface area contributed by atoms with Crippen LogP contribution in [0.3, 0.4) is 0 Å². The Labute approximate surface area is 163 Å². The fourth-order valence-corrected chi connectivity index (χ4v) is 3.65. The van der Waals surface area contributed by atoms with E-state index in [9.17, 15) is 4.39 Å². The summed E-state index contributed by atoms with van der Waals surface area (Å²) >= 11 is 0. The lowest BCUT2D eigenvalue weighted by atomic mass is 10.0. The maximum absolute atomic E-state index is 14.7. The van der Waals surface area contributed by atoms with Crippen LogP contribution in [-0.2, 0) is 6.54 Å². The summed E-state index contributed by atoms with van der Waals surface area (Å²) in [5, 5.41) is 12.3. The van der Waals surface area contributed by atoms with Gasteiger partial charge < -0.3 is 4.42 Å². The van der Waals surface area contributed by atoms with E-state index in [2.05, 4.69) is 31.9 Å². The van der Waals surface area contributed by atoms with Crippen molar-refractivity contribution in [3.05, 3.63) is 78.3 Å². The molecule has 28 heavy (non-hydrogen) atoms. The molecule has 1 aliphatic rings. The number of tetrazole rings is 1. The minimum absolute atomic E-state index is 0.256. The minimum Gasteiger partial charge on any atom is -0.467 e. The zero-order valence-electron chi connectivity index (χ0n) is 15.6. The van der Waals surface area contributed by atoms with E-state index >= 15 is 0 Å². The third-order valence-corrected chi connectivity index (χ3v) is 5.05. The van der Waals surface area contributed by atoms with Crippen LogP contribution >= 0.6 is 0 Å². The second kappa shape index (κ2) is 8.45. The fraction of sp³-hybridized carbons (Fsp3) is 0.350. The van der Waals surface area contributed by atoms with Crippen LogP contribution in [0.25, 0.3) is 0 Å². The summed E-state index contributed by atoms with van der Waals surface area (Å²) in [6.07, 6.45) is 3.53. The summed E-state index contributed by atoms with van der Waals surface area (Å²) in [6, 6.07) is 10.2. The molecule has 0 radical (unpaired) electrons. The van der Waals surface area contributed by atoms with Gasteiger partial charge in [-0.1, -0.05) is 24.3 Å². The van der Waals surface area contributed by atoms with Gasteiger partial charge in [0.15, 0.2) is 5.82 Å². The SMILES string of the molecule is C=CCN1CCN(C(c2ccccc2F)c2nnnn2Cc2ccco2)CC1. The number of rotatable bonds is 7. The van der Waals surface area contributed by atoms with Crippen LogP contribution in [0.15, 0.2) is 59.7 Å². The third-order valence-electron chi connectivity index (χ3n) is 5.05. The van der Waals surface area contributed by atoms with Gasteiger partial charge in [-0.25, -0.2) is 9.07 Å². The Balaban J connectivity index is 1.66. The fourth-order valence-electron chi connectivity index (χ4n) is 3.65. The molecule has 3 heterocycles. The van der Waals surface area contributed by atoms with Gasteiger partial charge in [-0.2, -0.15) is 0 Å². The Morgan fingerprint density at radius 1 is 1.14 bits per heavy atom. The summed E-state index contributed by atoms with van der Waals surface area (Å²) in [6.45, 7) is 8.42. The van der Waals surface area contributed by atoms with Crippen LogP contribution < -0.4 is 0 Å². The largest absolute Gasteiger partial charge is 0.467 e. The van der Waals surface area contributed by atoms with Crippen LogP contribution in [0.5, 0.6) is 0 Å². The molecule has 146 valence electrons. The van der Waals surface area contributed by atoms with Crippen molar-refractivity contribution in [2.24, 2.45) is 0 Å². The molecule has 1 fully saturated rings. The van der Waals surface area contributed by atoms with Crippen LogP contribution in [0.2, 0.25) is 0 Å². The van der Waals surface area contributed by atoms with E-state index in [-0.39, 0.29) is 11.9 Å². The topological polar surface area (TPSA) is 63.2 Å². The molecular formula is C20H23FN6O. The summed E-state index contributed by atoms with van der Waals surface area (Å²) in [7, 11) is 0. The minimum atomic E-state index is -0.364. The molecule has 0 N–H and O–H groups in total. The molecule has 1 unspecified atom stereocenters. The smallest absolute Gasteiger partial charge is 0.173 e. The Hall–Kier alpha value is -2.84. The molecule has 0 saturated carbocycles. The molecule has 7 nitrogen and oxygen atoms in total. The molecule has 1 saturated heterocycles. The number of nitrogens with zero attached hydrogens (tertiary/aromatic N) is 6. The van der Waals surface area contributed by atoms with Crippen LogP contribution in [-0.4, -0.2) is 62.7 Å². The van der Waals surface area contributed by atoms with Crippen LogP contribution in [0.4, 0.5) is 4.39 Å². The van der Waals surface area contributed by atoms with Crippen molar-refractivity contribution in [3.63, 3.8) is 0 Å². The zero-order chi connectivity index (χ0) is 19.3. The van der Waals surface area contributed by atoms with Gasteiger partial charge in [0.2, 0.25) is 0 Å². The highest BCUT2D eigenvalue weighted by molar-refractivity contribution is 5.27. The number of hydrogen-bond acceptors (Lipinski definition) is 6. The maximum Gasteiger partial charge on any atom is 0.173 e. The first-order valence-electron chi connectivity index (χ1n) is 9.36. The van der Waals surface area contributed by atoms with Crippen LogP contribution in [0.1, 0.15) is 23.2 Å². The summed E-state index contributed by atoms with van der Waals surface area (Å²) in [4.78, 5) is 4.57. The van der Waals surface area contributed by atoms with Gasteiger partial charge in [0.05, 0.1) is 6.26 Å². The lowest BCUT2D eigenvalue weighted by molar-refractivity contribution is 0.111. The second-order valence-corrected chi connectivity index (χ2v) is 6.82. The molecule has 1 aromatic carbocycles. The molecule has 0 amide bonds. The maximum atomic E-state index is 14.7. The standard InChI is InChI=1S/C20H23FN6O/c1-2-9-25-10-12-26(13-11-25)19(17-7-3-4-8-18(17)21)20-22-23-24-27(20)15-16-6-5-14-28-16/h2-8,14,19H,1,9-13,15H2. The molecule has 1 aliphatic heterocycles. The number of furan rings is 1. The normalized spacial score (nSPS) is 16.9. The molecule has 0 bridgehead atoms. The lowest BCUT2D eigenvalue weighted by Crippen LogP contribution is -2.48. The van der Waals surface area contributed by atoms with Gasteiger partial charge in [0, 0.05) is 38.3 Å². The Morgan fingerprint density at radius 2 is 1.96 bits per heavy atom. The Bertz CT molecular complexity index is 901. The van der Waals surface area contributed by atoms with E-state index in [0.29, 0.717) is 17.9 Å². The highest BCUT2D eigenvalue weighted by atomic mass is 19.1. The van der Waals surface area contributed by atoms with Crippen LogP contribution in [0, 0.1) is 5.82 Å². The zero-order valence-corrected chi connectivity index (χ0v) is 15.6. The lowest BCUT2D eigenvalue weighted by Gasteiger charge is -2.38. The van der Waals surface area contributed by atoms with Crippen molar-refractivity contribution in [1.82, 2.24) is 30.0 Å². The number of benzene rings is 1. The third kappa shape index (κ3) is 3.88. The number of hydrogen-bond donors (Lipinski definition) is 0. The van der Waals surface area contributed by atoms with Crippen molar-refractivity contribution in [1.29, 1.82) is 0 Å². The van der Waals surface area contributed by atoms with Gasteiger partial charge in [-0.15, -0.1) is 11.7 Å². The van der Waals surface area contributed by atoms with E-state index in [4.69, 9.17) is 4.42 Å². The average Bonchev–Trinajstić information content (AvgIpc) is 3.38. The second-order valence-electron chi connectivity index (χ2n) is 6.82. The number of piperazine rings is 1. The first-order valence-corrected chi connectivity index (χ1v) is 9.36. The van der Waals surface area contributed by atoms with Crippen molar-refractivity contribution in [2.45, 2.75) is 12.6 Å². The molecule has 4 rings (SSSR count). The van der Waals surface area contributed by atoms with E-state index in [1.807, 2.05) is 30.3 Å². The van der Waals surface area contributed by atoms with Crippen molar-refractivity contribution in [2.75, 3.05) is 32.7 Å². The van der Waals surface area contributed by atoms with Crippen molar-refractivity contribution >= 4 is 0 Å². The number of aromatic nitrogens is 4. The van der Waals surface area contributed by atoms with Gasteiger partial charge in [-0.3, -0.25) is 9.80 Å². The first-order chi connectivity index (χ1) is 13.8. The molecule has 8 heteroatoms. The predicted octanol–water partition coefficient (Wildman–Crippen LogP) is 2.35. The van der Waals surface area contributed by atoms with E-state index < -0.39 is 0 Å². The Kier molecular flexibility index (Phi) is 5.59. The van der Waals surface area contributed by atoms with Crippen molar-refractivity contribution < 1.29 is 8.81 Å². The molecular weight excluding hydrogens is 359 g/mol. The molecule has 0 spiro atoms. The van der Waals surface area contributed by atoms with Gasteiger partial charge >= 0.3 is 0 Å². The van der Waals surface area contributed by atoms with E-state index in [1.54, 1.807) is 17.0 Å². The van der Waals surface area contributed by atoms with Gasteiger partial charge in [-0.05, 0) is 28.6 Å². The summed E-state index contributed by atoms with van der Waals surface area (Å²) < 4.78 is 21.9. The van der Waals surface area contributed by atoms with Crippen molar-refractivity contribution in [3.8, 4) is 0 Å². The quantitative estimate of drug-likeness (QED) is 0.585. The summed E-state index contributed by atoms with van der Waals surface area (Å²) in [5.74, 6) is 1.10. The molecule has 2 aromatic heterocycles. The molecule has 1 atom stereocenters. The van der Waals surface area contributed by atoms with E-state index in [0.717, 1.165) is 38.5 Å². The van der Waals surface area contributed by atoms with E-state index in [1.165, 1.54) is 6.07 Å². The summed E-state index contributed by atoms with van der Waals surface area (Å²) in [5.41, 5.74) is 0.579. The van der Waals surface area contributed by atoms with Gasteiger partial charge in [0.25, 0.3) is 0 Å². The highest BCUT2D eigenvalue weighted by Gasteiger charge is 2.32.